The summed E-state index contributed by atoms with van der Waals surface area (Å²) in [6.07, 6.45) is -3.73. The van der Waals surface area contributed by atoms with Crippen molar-refractivity contribution in [1.82, 2.24) is 19.9 Å². The third-order valence-corrected chi connectivity index (χ3v) is 3.11. The highest BCUT2D eigenvalue weighted by atomic mass is 19.4. The molecular weight excluding hydrogens is 325 g/mol. The van der Waals surface area contributed by atoms with Gasteiger partial charge < -0.3 is 10.2 Å². The van der Waals surface area contributed by atoms with Gasteiger partial charge in [-0.2, -0.15) is 18.4 Å². The Hall–Kier alpha value is -3.09. The number of alkyl halides is 3. The average Bonchev–Trinajstić information content (AvgIpc) is 3.03. The predicted molar refractivity (Wildman–Crippen MR) is 78.2 cm³/mol. The normalized spacial score (nSPS) is 11.0. The Bertz CT molecular complexity index is 747. The van der Waals surface area contributed by atoms with Gasteiger partial charge in [-0.3, -0.25) is 0 Å². The molecule has 24 heavy (non-hydrogen) atoms. The standard InChI is InChI=1S/C14H13F3N6O/c1-22(8-2-7-18)13(24)20-10-3-5-11(6-4-10)23-12(9-19-21-23)14(15,16)17/h3-6,9H,2,8H2,1H3,(H,20,24). The van der Waals surface area contributed by atoms with E-state index in [2.05, 4.69) is 15.6 Å². The molecule has 2 amide bonds. The second-order valence-corrected chi connectivity index (χ2v) is 4.84. The number of rotatable bonds is 4. The van der Waals surface area contributed by atoms with Crippen LogP contribution in [0.4, 0.5) is 23.7 Å². The van der Waals surface area contributed by atoms with E-state index in [1.807, 2.05) is 6.07 Å². The monoisotopic (exact) mass is 338 g/mol. The van der Waals surface area contributed by atoms with E-state index in [1.54, 1.807) is 0 Å². The lowest BCUT2D eigenvalue weighted by atomic mass is 10.2. The van der Waals surface area contributed by atoms with Gasteiger partial charge in [0.05, 0.1) is 24.4 Å². The van der Waals surface area contributed by atoms with Crippen molar-refractivity contribution in [2.45, 2.75) is 12.6 Å². The first-order valence-corrected chi connectivity index (χ1v) is 6.80. The first kappa shape index (κ1) is 17.3. The number of hydrogen-bond acceptors (Lipinski definition) is 4. The van der Waals surface area contributed by atoms with E-state index < -0.39 is 17.9 Å². The zero-order valence-electron chi connectivity index (χ0n) is 12.6. The summed E-state index contributed by atoms with van der Waals surface area (Å²) in [4.78, 5) is 13.2. The number of urea groups is 1. The number of nitrogens with zero attached hydrogens (tertiary/aromatic N) is 5. The number of halogens is 3. The summed E-state index contributed by atoms with van der Waals surface area (Å²) in [5, 5.41) is 17.8. The fraction of sp³-hybridized carbons (Fsp3) is 0.286. The Labute approximate surface area is 135 Å². The summed E-state index contributed by atoms with van der Waals surface area (Å²) in [7, 11) is 1.53. The van der Waals surface area contributed by atoms with Crippen LogP contribution >= 0.6 is 0 Å². The van der Waals surface area contributed by atoms with Crippen LogP contribution in [0.3, 0.4) is 0 Å². The summed E-state index contributed by atoms with van der Waals surface area (Å²) < 4.78 is 39.1. The zero-order chi connectivity index (χ0) is 17.7. The highest BCUT2D eigenvalue weighted by Crippen LogP contribution is 2.30. The molecule has 7 nitrogen and oxygen atoms in total. The summed E-state index contributed by atoms with van der Waals surface area (Å²) in [6, 6.07) is 7.18. The molecule has 0 fully saturated rings. The lowest BCUT2D eigenvalue weighted by molar-refractivity contribution is -0.142. The first-order chi connectivity index (χ1) is 11.3. The number of benzene rings is 1. The third-order valence-electron chi connectivity index (χ3n) is 3.11. The maximum Gasteiger partial charge on any atom is 0.435 e. The number of nitriles is 1. The minimum atomic E-state index is -4.57. The molecule has 0 radical (unpaired) electrons. The zero-order valence-corrected chi connectivity index (χ0v) is 12.6. The molecule has 0 bridgehead atoms. The number of carbonyl (C=O) groups is 1. The number of hydrogen-bond donors (Lipinski definition) is 1. The molecule has 0 aliphatic carbocycles. The minimum Gasteiger partial charge on any atom is -0.327 e. The van der Waals surface area contributed by atoms with Crippen LogP contribution in [-0.4, -0.2) is 39.5 Å². The molecule has 0 saturated heterocycles. The van der Waals surface area contributed by atoms with E-state index in [0.717, 1.165) is 0 Å². The quantitative estimate of drug-likeness (QED) is 0.928. The predicted octanol–water partition coefficient (Wildman–Crippen LogP) is 2.66. The molecular formula is C14H13F3N6O. The summed E-state index contributed by atoms with van der Waals surface area (Å²) in [5.74, 6) is 0. The van der Waals surface area contributed by atoms with E-state index in [0.29, 0.717) is 16.6 Å². The molecule has 0 aliphatic heterocycles. The highest BCUT2D eigenvalue weighted by Gasteiger charge is 2.36. The molecule has 0 saturated carbocycles. The Kier molecular flexibility index (Phi) is 5.03. The topological polar surface area (TPSA) is 86.8 Å². The molecule has 0 aliphatic rings. The maximum atomic E-state index is 12.8. The molecule has 0 atom stereocenters. The van der Waals surface area contributed by atoms with Gasteiger partial charge in [-0.15, -0.1) is 5.10 Å². The summed E-state index contributed by atoms with van der Waals surface area (Å²) >= 11 is 0. The smallest absolute Gasteiger partial charge is 0.327 e. The third kappa shape index (κ3) is 4.01. The van der Waals surface area contributed by atoms with E-state index in [4.69, 9.17) is 5.26 Å². The first-order valence-electron chi connectivity index (χ1n) is 6.80. The van der Waals surface area contributed by atoms with Crippen molar-refractivity contribution in [2.75, 3.05) is 18.9 Å². The Morgan fingerprint density at radius 1 is 1.38 bits per heavy atom. The van der Waals surface area contributed by atoms with Gasteiger partial charge in [0.1, 0.15) is 0 Å². The molecule has 2 rings (SSSR count). The van der Waals surface area contributed by atoms with E-state index in [9.17, 15) is 18.0 Å². The fourth-order valence-electron chi connectivity index (χ4n) is 1.84. The van der Waals surface area contributed by atoms with Crippen molar-refractivity contribution < 1.29 is 18.0 Å². The largest absolute Gasteiger partial charge is 0.435 e. The lowest BCUT2D eigenvalue weighted by Crippen LogP contribution is -2.31. The van der Waals surface area contributed by atoms with Crippen LogP contribution in [0.25, 0.3) is 5.69 Å². The van der Waals surface area contributed by atoms with Gasteiger partial charge in [-0.25, -0.2) is 9.48 Å². The number of carbonyl (C=O) groups excluding carboxylic acids is 1. The van der Waals surface area contributed by atoms with Crippen LogP contribution < -0.4 is 5.32 Å². The van der Waals surface area contributed by atoms with E-state index in [1.165, 1.54) is 36.2 Å². The number of nitrogens with one attached hydrogen (secondary N) is 1. The average molecular weight is 338 g/mol. The van der Waals surface area contributed by atoms with Gasteiger partial charge in [0.2, 0.25) is 0 Å². The Morgan fingerprint density at radius 3 is 2.62 bits per heavy atom. The molecule has 0 unspecified atom stereocenters. The van der Waals surface area contributed by atoms with Gasteiger partial charge in [-0.05, 0) is 24.3 Å². The summed E-state index contributed by atoms with van der Waals surface area (Å²) in [5.41, 5.74) is -0.424. The van der Waals surface area contributed by atoms with E-state index >= 15 is 0 Å². The van der Waals surface area contributed by atoms with Gasteiger partial charge in [-0.1, -0.05) is 5.21 Å². The molecule has 1 aromatic heterocycles. The van der Waals surface area contributed by atoms with Crippen molar-refractivity contribution in [3.8, 4) is 11.8 Å². The Balaban J connectivity index is 2.11. The van der Waals surface area contributed by atoms with E-state index in [-0.39, 0.29) is 18.7 Å². The van der Waals surface area contributed by atoms with Gasteiger partial charge in [0.25, 0.3) is 0 Å². The minimum absolute atomic E-state index is 0.163. The lowest BCUT2D eigenvalue weighted by Gasteiger charge is -2.16. The van der Waals surface area contributed by atoms with Crippen LogP contribution in [0.1, 0.15) is 12.1 Å². The van der Waals surface area contributed by atoms with Crippen LogP contribution in [0.5, 0.6) is 0 Å². The molecule has 1 heterocycles. The second kappa shape index (κ2) is 6.99. The number of aromatic nitrogens is 3. The Morgan fingerprint density at radius 2 is 2.04 bits per heavy atom. The van der Waals surface area contributed by atoms with Crippen LogP contribution in [0.15, 0.2) is 30.5 Å². The molecule has 1 N–H and O–H groups in total. The van der Waals surface area contributed by atoms with Crippen molar-refractivity contribution in [1.29, 1.82) is 5.26 Å². The van der Waals surface area contributed by atoms with Gasteiger partial charge in [0.15, 0.2) is 5.69 Å². The molecule has 1 aromatic carbocycles. The maximum absolute atomic E-state index is 12.8. The molecule has 10 heteroatoms. The summed E-state index contributed by atoms with van der Waals surface area (Å²) in [6.45, 7) is 0.272. The van der Waals surface area contributed by atoms with Crippen LogP contribution in [-0.2, 0) is 6.18 Å². The van der Waals surface area contributed by atoms with Crippen LogP contribution in [0.2, 0.25) is 0 Å². The second-order valence-electron chi connectivity index (χ2n) is 4.84. The molecule has 126 valence electrons. The SMILES string of the molecule is CN(CCC#N)C(=O)Nc1ccc(-n2nncc2C(F)(F)F)cc1. The van der Waals surface area contributed by atoms with Crippen LogP contribution in [0, 0.1) is 11.3 Å². The van der Waals surface area contributed by atoms with Crippen molar-refractivity contribution in [3.05, 3.63) is 36.2 Å². The van der Waals surface area contributed by atoms with Crippen molar-refractivity contribution in [3.63, 3.8) is 0 Å². The molecule has 2 aromatic rings. The van der Waals surface area contributed by atoms with Gasteiger partial charge >= 0.3 is 12.2 Å². The van der Waals surface area contributed by atoms with Crippen molar-refractivity contribution >= 4 is 11.7 Å². The fourth-order valence-corrected chi connectivity index (χ4v) is 1.84. The van der Waals surface area contributed by atoms with Crippen molar-refractivity contribution in [2.24, 2.45) is 0 Å². The van der Waals surface area contributed by atoms with Gasteiger partial charge in [0, 0.05) is 19.3 Å². The number of anilines is 1. The molecule has 0 spiro atoms. The highest BCUT2D eigenvalue weighted by molar-refractivity contribution is 5.89. The number of amides is 2.